The number of nitrogens with zero attached hydrogens (tertiary/aromatic N) is 4. The van der Waals surface area contributed by atoms with E-state index in [1.54, 1.807) is 83.1 Å². The molecule has 4 amide bonds. The van der Waals surface area contributed by atoms with Gasteiger partial charge in [0.15, 0.2) is 5.96 Å². The van der Waals surface area contributed by atoms with Gasteiger partial charge in [-0.15, -0.1) is 0 Å². The number of hydrogen-bond donors (Lipinski definition) is 5. The molecule has 1 saturated heterocycles. The van der Waals surface area contributed by atoms with Crippen molar-refractivity contribution in [3.8, 4) is 0 Å². The zero-order chi connectivity index (χ0) is 42.6. The molecule has 0 aromatic rings. The minimum Gasteiger partial charge on any atom is -0.444 e. The van der Waals surface area contributed by atoms with Crippen molar-refractivity contribution in [1.82, 2.24) is 31.1 Å². The standard InChI is InChI=1S/C39H73N9O8/c1-36(2,3)53-32(49)43-30(44-33(50)54-37(4,5)6)41-23-19-15-13-17-21-25-47-27-28-48(29(47)40)26-22-18-14-16-20-24-42-31(45-34(51)55-38(7,8)9)46-35(52)56-39(10,11)12/h40H,13-28H2,1-12H3,(H2,41,43,44,49,50)(H2,42,45,46,51,52). The van der Waals surface area contributed by atoms with Gasteiger partial charge in [0.1, 0.15) is 22.4 Å². The van der Waals surface area contributed by atoms with Crippen LogP contribution in [0.4, 0.5) is 19.2 Å². The van der Waals surface area contributed by atoms with Gasteiger partial charge in [-0.05, 0) is 109 Å². The van der Waals surface area contributed by atoms with Gasteiger partial charge in [-0.25, -0.2) is 19.2 Å². The van der Waals surface area contributed by atoms with Crippen LogP contribution in [0.1, 0.15) is 147 Å². The van der Waals surface area contributed by atoms with Crippen LogP contribution in [-0.2, 0) is 18.9 Å². The first kappa shape index (κ1) is 49.7. The highest BCUT2D eigenvalue weighted by Gasteiger charge is 2.25. The van der Waals surface area contributed by atoms with Crippen molar-refractivity contribution < 1.29 is 38.1 Å². The molecule has 5 N–H and O–H groups in total. The molecule has 322 valence electrons. The Labute approximate surface area is 335 Å². The van der Waals surface area contributed by atoms with Crippen molar-refractivity contribution in [2.24, 2.45) is 9.98 Å². The third-order valence-electron chi connectivity index (χ3n) is 7.43. The fourth-order valence-electron chi connectivity index (χ4n) is 5.18. The van der Waals surface area contributed by atoms with Gasteiger partial charge in [-0.3, -0.25) is 36.7 Å². The first-order valence-corrected chi connectivity index (χ1v) is 20.0. The van der Waals surface area contributed by atoms with Crippen LogP contribution in [0.2, 0.25) is 0 Å². The summed E-state index contributed by atoms with van der Waals surface area (Å²) in [4.78, 5) is 62.1. The van der Waals surface area contributed by atoms with Gasteiger partial charge in [-0.1, -0.05) is 38.5 Å². The number of carbonyl (C=O) groups is 4. The third-order valence-corrected chi connectivity index (χ3v) is 7.43. The van der Waals surface area contributed by atoms with Crippen molar-refractivity contribution >= 4 is 42.3 Å². The summed E-state index contributed by atoms with van der Waals surface area (Å²) in [5.74, 6) is 0.580. The number of nitrogens with one attached hydrogen (secondary N) is 5. The number of carbonyl (C=O) groups excluding carboxylic acids is 4. The van der Waals surface area contributed by atoms with Crippen molar-refractivity contribution in [1.29, 1.82) is 5.41 Å². The maximum absolute atomic E-state index is 12.3. The molecule has 1 aliphatic heterocycles. The van der Waals surface area contributed by atoms with Crippen molar-refractivity contribution in [3.63, 3.8) is 0 Å². The quantitative estimate of drug-likeness (QED) is 0.0457. The Balaban J connectivity index is 2.35. The van der Waals surface area contributed by atoms with E-state index in [1.807, 2.05) is 0 Å². The maximum Gasteiger partial charge on any atom is 0.414 e. The van der Waals surface area contributed by atoms with E-state index in [0.717, 1.165) is 90.4 Å². The molecule has 1 heterocycles. The Morgan fingerprint density at radius 2 is 0.732 bits per heavy atom. The zero-order valence-electron chi connectivity index (χ0n) is 36.4. The summed E-state index contributed by atoms with van der Waals surface area (Å²) in [5, 5.41) is 18.7. The topological polar surface area (TPSA) is 208 Å². The predicted octanol–water partition coefficient (Wildman–Crippen LogP) is 7.25. The van der Waals surface area contributed by atoms with Gasteiger partial charge in [0.05, 0.1) is 0 Å². The average molecular weight is 796 g/mol. The van der Waals surface area contributed by atoms with Crippen LogP contribution >= 0.6 is 0 Å². The summed E-state index contributed by atoms with van der Waals surface area (Å²) in [5.41, 5.74) is -2.79. The first-order valence-electron chi connectivity index (χ1n) is 20.0. The smallest absolute Gasteiger partial charge is 0.414 e. The number of rotatable bonds is 16. The lowest BCUT2D eigenvalue weighted by Crippen LogP contribution is -2.47. The first-order chi connectivity index (χ1) is 25.8. The molecule has 0 unspecified atom stereocenters. The van der Waals surface area contributed by atoms with Crippen molar-refractivity contribution in [3.05, 3.63) is 0 Å². The van der Waals surface area contributed by atoms with E-state index in [1.165, 1.54) is 0 Å². The fraction of sp³-hybridized carbons (Fsp3) is 0.821. The number of aliphatic imine (C=N–C) groups is 2. The van der Waals surface area contributed by atoms with E-state index in [-0.39, 0.29) is 11.9 Å². The predicted molar refractivity (Wildman–Crippen MR) is 219 cm³/mol. The highest BCUT2D eigenvalue weighted by atomic mass is 16.6. The molecule has 1 rings (SSSR count). The summed E-state index contributed by atoms with van der Waals surface area (Å²) >= 11 is 0. The Hall–Kier alpha value is -4.31. The summed E-state index contributed by atoms with van der Waals surface area (Å²) < 4.78 is 21.2. The lowest BCUT2D eigenvalue weighted by atomic mass is 10.1. The van der Waals surface area contributed by atoms with Crippen LogP contribution in [-0.4, -0.2) is 114 Å². The summed E-state index contributed by atoms with van der Waals surface area (Å²) in [7, 11) is 0. The van der Waals surface area contributed by atoms with E-state index >= 15 is 0 Å². The highest BCUT2D eigenvalue weighted by Crippen LogP contribution is 2.14. The fourth-order valence-corrected chi connectivity index (χ4v) is 5.18. The second kappa shape index (κ2) is 23.7. The largest absolute Gasteiger partial charge is 0.444 e. The monoisotopic (exact) mass is 796 g/mol. The number of alkyl carbamates (subject to hydrolysis) is 4. The van der Waals surface area contributed by atoms with Gasteiger partial charge in [-0.2, -0.15) is 0 Å². The minimum absolute atomic E-state index is 0.00786. The van der Waals surface area contributed by atoms with Crippen LogP contribution in [0.25, 0.3) is 0 Å². The second-order valence-corrected chi connectivity index (χ2v) is 17.8. The third kappa shape index (κ3) is 26.5. The molecule has 0 aromatic heterocycles. The Kier molecular flexibility index (Phi) is 21.0. The average Bonchev–Trinajstić information content (AvgIpc) is 3.34. The lowest BCUT2D eigenvalue weighted by molar-refractivity contribution is 0.0521. The van der Waals surface area contributed by atoms with E-state index in [0.29, 0.717) is 19.0 Å². The molecular formula is C39H73N9O8. The Bertz CT molecular complexity index is 1160. The maximum atomic E-state index is 12.3. The van der Waals surface area contributed by atoms with E-state index in [9.17, 15) is 19.2 Å². The number of ether oxygens (including phenoxy) is 4. The SMILES string of the molecule is CC(C)(C)OC(=O)NC(=NCCCCCCCN1CCN(CCCCCCCN=C(NC(=O)OC(C)(C)C)NC(=O)OC(C)(C)C)C1=N)NC(=O)OC(C)(C)C. The minimum atomic E-state index is -0.712. The molecule has 0 bridgehead atoms. The van der Waals surface area contributed by atoms with Crippen molar-refractivity contribution in [2.75, 3.05) is 39.3 Å². The molecule has 0 aliphatic carbocycles. The molecule has 0 spiro atoms. The number of hydrogen-bond acceptors (Lipinski definition) is 11. The molecule has 1 aliphatic rings. The van der Waals surface area contributed by atoms with Gasteiger partial charge in [0, 0.05) is 39.3 Å². The van der Waals surface area contributed by atoms with E-state index < -0.39 is 46.8 Å². The van der Waals surface area contributed by atoms with E-state index in [2.05, 4.69) is 41.1 Å². The molecule has 17 heteroatoms. The van der Waals surface area contributed by atoms with Gasteiger partial charge in [0.2, 0.25) is 11.9 Å². The van der Waals surface area contributed by atoms with E-state index in [4.69, 9.17) is 24.4 Å². The molecule has 0 saturated carbocycles. The Morgan fingerprint density at radius 1 is 0.482 bits per heavy atom. The Morgan fingerprint density at radius 3 is 1.00 bits per heavy atom. The number of unbranched alkanes of at least 4 members (excludes halogenated alkanes) is 8. The van der Waals surface area contributed by atoms with Gasteiger partial charge < -0.3 is 28.7 Å². The normalized spacial score (nSPS) is 13.4. The summed E-state index contributed by atoms with van der Waals surface area (Å²) in [6.45, 7) is 25.3. The number of guanidine groups is 3. The molecule has 1 fully saturated rings. The molecule has 0 radical (unpaired) electrons. The molecule has 17 nitrogen and oxygen atoms in total. The van der Waals surface area contributed by atoms with Crippen LogP contribution in [0.15, 0.2) is 9.98 Å². The van der Waals surface area contributed by atoms with Gasteiger partial charge >= 0.3 is 24.4 Å². The van der Waals surface area contributed by atoms with Crippen LogP contribution in [0, 0.1) is 5.41 Å². The van der Waals surface area contributed by atoms with Gasteiger partial charge in [0.25, 0.3) is 0 Å². The van der Waals surface area contributed by atoms with Crippen LogP contribution in [0.5, 0.6) is 0 Å². The molecule has 0 aromatic carbocycles. The molecule has 0 atom stereocenters. The summed E-state index contributed by atoms with van der Waals surface area (Å²) in [6.07, 6.45) is 6.70. The molecular weight excluding hydrogens is 722 g/mol. The van der Waals surface area contributed by atoms with Crippen molar-refractivity contribution in [2.45, 2.75) is 170 Å². The number of amides is 4. The highest BCUT2D eigenvalue weighted by molar-refractivity contribution is 6.02. The van der Waals surface area contributed by atoms with Crippen LogP contribution < -0.4 is 21.3 Å². The zero-order valence-corrected chi connectivity index (χ0v) is 36.4. The van der Waals surface area contributed by atoms with Crippen LogP contribution in [0.3, 0.4) is 0 Å². The molecule has 56 heavy (non-hydrogen) atoms. The lowest BCUT2D eigenvalue weighted by Gasteiger charge is -2.22. The summed E-state index contributed by atoms with van der Waals surface area (Å²) in [6, 6.07) is 0. The second-order valence-electron chi connectivity index (χ2n) is 17.8.